The van der Waals surface area contributed by atoms with E-state index in [0.29, 0.717) is 5.13 Å². The molecule has 0 aliphatic heterocycles. The van der Waals surface area contributed by atoms with Crippen molar-refractivity contribution in [3.63, 3.8) is 0 Å². The average Bonchev–Trinajstić information content (AvgIpc) is 2.80. The van der Waals surface area contributed by atoms with Crippen molar-refractivity contribution in [2.75, 3.05) is 11.1 Å². The summed E-state index contributed by atoms with van der Waals surface area (Å²) < 4.78 is 13.1. The number of rotatable bonds is 2. The molecule has 3 N–H and O–H groups in total. The maximum Gasteiger partial charge on any atom is 0.261 e. The van der Waals surface area contributed by atoms with E-state index in [2.05, 4.69) is 15.3 Å². The van der Waals surface area contributed by atoms with Crippen molar-refractivity contribution >= 4 is 28.2 Å². The van der Waals surface area contributed by atoms with Gasteiger partial charge >= 0.3 is 0 Å². The predicted molar refractivity (Wildman–Crippen MR) is 77.4 cm³/mol. The summed E-state index contributed by atoms with van der Waals surface area (Å²) in [5, 5.41) is 4.93. The molecule has 0 aliphatic rings. The van der Waals surface area contributed by atoms with Crippen molar-refractivity contribution in [3.05, 3.63) is 34.7 Å². The lowest BCUT2D eigenvalue weighted by atomic mass is 9.93. The van der Waals surface area contributed by atoms with Crippen LogP contribution in [0.1, 0.15) is 36.8 Å². The first-order valence-electron chi connectivity index (χ1n) is 5.96. The Morgan fingerprint density at radius 1 is 1.45 bits per heavy atom. The van der Waals surface area contributed by atoms with Gasteiger partial charge in [-0.05, 0) is 6.07 Å². The molecular formula is C13H15FN4OS. The van der Waals surface area contributed by atoms with Crippen molar-refractivity contribution in [1.29, 1.82) is 0 Å². The maximum absolute atomic E-state index is 13.1. The minimum Gasteiger partial charge on any atom is -0.383 e. The maximum atomic E-state index is 13.1. The molecule has 0 saturated carbocycles. The summed E-state index contributed by atoms with van der Waals surface area (Å²) in [6.07, 6.45) is 0.965. The fourth-order valence-electron chi connectivity index (χ4n) is 1.47. The third kappa shape index (κ3) is 3.11. The standard InChI is InChI=1S/C13H15FN4OS/c1-13(2,3)9-6-20-12(17-9)18-11(19)8-4-7(14)5-16-10(8)15/h4-6H,1-3H3,(H2,15,16)(H,17,18,19). The molecule has 7 heteroatoms. The number of carbonyl (C=O) groups excluding carboxylic acids is 1. The molecular weight excluding hydrogens is 279 g/mol. The number of anilines is 2. The van der Waals surface area contributed by atoms with Gasteiger partial charge in [0.15, 0.2) is 5.13 Å². The third-order valence-corrected chi connectivity index (χ3v) is 3.38. The van der Waals surface area contributed by atoms with Gasteiger partial charge in [-0.15, -0.1) is 11.3 Å². The van der Waals surface area contributed by atoms with E-state index >= 15 is 0 Å². The summed E-state index contributed by atoms with van der Waals surface area (Å²) in [7, 11) is 0. The summed E-state index contributed by atoms with van der Waals surface area (Å²) in [5.41, 5.74) is 6.34. The minimum atomic E-state index is -0.612. The van der Waals surface area contributed by atoms with Crippen molar-refractivity contribution in [2.45, 2.75) is 26.2 Å². The summed E-state index contributed by atoms with van der Waals surface area (Å²) in [6.45, 7) is 6.09. The summed E-state index contributed by atoms with van der Waals surface area (Å²) >= 11 is 1.31. The molecule has 2 heterocycles. The molecule has 0 bridgehead atoms. The predicted octanol–water partition coefficient (Wildman–Crippen LogP) is 2.81. The summed E-state index contributed by atoms with van der Waals surface area (Å²) in [5.74, 6) is -1.15. The van der Waals surface area contributed by atoms with Crippen LogP contribution in [-0.4, -0.2) is 15.9 Å². The van der Waals surface area contributed by atoms with E-state index in [9.17, 15) is 9.18 Å². The monoisotopic (exact) mass is 294 g/mol. The molecule has 2 rings (SSSR count). The lowest BCUT2D eigenvalue weighted by molar-refractivity contribution is 0.102. The molecule has 0 spiro atoms. The Hall–Kier alpha value is -2.02. The zero-order valence-electron chi connectivity index (χ0n) is 11.4. The second-order valence-electron chi connectivity index (χ2n) is 5.33. The van der Waals surface area contributed by atoms with Crippen LogP contribution in [-0.2, 0) is 5.41 Å². The van der Waals surface area contributed by atoms with E-state index in [1.165, 1.54) is 11.3 Å². The van der Waals surface area contributed by atoms with E-state index in [-0.39, 0.29) is 16.8 Å². The highest BCUT2D eigenvalue weighted by atomic mass is 32.1. The topological polar surface area (TPSA) is 80.9 Å². The molecule has 0 aromatic carbocycles. The Kier molecular flexibility index (Phi) is 3.71. The van der Waals surface area contributed by atoms with Gasteiger partial charge in [-0.3, -0.25) is 10.1 Å². The molecule has 0 radical (unpaired) electrons. The van der Waals surface area contributed by atoms with Gasteiger partial charge in [0.05, 0.1) is 17.5 Å². The van der Waals surface area contributed by atoms with Crippen LogP contribution in [0, 0.1) is 5.82 Å². The van der Waals surface area contributed by atoms with Crippen LogP contribution in [0.3, 0.4) is 0 Å². The van der Waals surface area contributed by atoms with Gasteiger partial charge in [-0.1, -0.05) is 20.8 Å². The van der Waals surface area contributed by atoms with Gasteiger partial charge in [-0.25, -0.2) is 14.4 Å². The number of hydrogen-bond acceptors (Lipinski definition) is 5. The summed E-state index contributed by atoms with van der Waals surface area (Å²) in [6, 6.07) is 1.05. The Morgan fingerprint density at radius 3 is 2.75 bits per heavy atom. The molecule has 0 fully saturated rings. The molecule has 0 atom stereocenters. The number of nitrogens with zero attached hydrogens (tertiary/aromatic N) is 2. The van der Waals surface area contributed by atoms with E-state index in [1.54, 1.807) is 0 Å². The highest BCUT2D eigenvalue weighted by molar-refractivity contribution is 7.14. The number of hydrogen-bond donors (Lipinski definition) is 2. The first-order chi connectivity index (χ1) is 9.27. The number of amides is 1. The lowest BCUT2D eigenvalue weighted by Gasteiger charge is -2.14. The van der Waals surface area contributed by atoms with E-state index in [4.69, 9.17) is 5.73 Å². The highest BCUT2D eigenvalue weighted by Gasteiger charge is 2.19. The van der Waals surface area contributed by atoms with Crippen molar-refractivity contribution in [2.24, 2.45) is 0 Å². The van der Waals surface area contributed by atoms with Gasteiger partial charge < -0.3 is 5.73 Å². The second-order valence-corrected chi connectivity index (χ2v) is 6.19. The number of nitrogen functional groups attached to an aromatic ring is 1. The smallest absolute Gasteiger partial charge is 0.261 e. The Bertz CT molecular complexity index is 648. The molecule has 2 aromatic rings. The number of pyridine rings is 1. The van der Waals surface area contributed by atoms with Gasteiger partial charge in [0.25, 0.3) is 5.91 Å². The van der Waals surface area contributed by atoms with Crippen molar-refractivity contribution < 1.29 is 9.18 Å². The van der Waals surface area contributed by atoms with Crippen LogP contribution < -0.4 is 11.1 Å². The van der Waals surface area contributed by atoms with E-state index in [0.717, 1.165) is 18.0 Å². The number of halogens is 1. The molecule has 0 saturated heterocycles. The average molecular weight is 294 g/mol. The number of aromatic nitrogens is 2. The van der Waals surface area contributed by atoms with E-state index < -0.39 is 11.7 Å². The SMILES string of the molecule is CC(C)(C)c1csc(NC(=O)c2cc(F)cnc2N)n1. The van der Waals surface area contributed by atoms with Gasteiger partial charge in [-0.2, -0.15) is 0 Å². The third-order valence-electron chi connectivity index (χ3n) is 2.62. The Morgan fingerprint density at radius 2 is 2.15 bits per heavy atom. The van der Waals surface area contributed by atoms with Crippen LogP contribution >= 0.6 is 11.3 Å². The fourth-order valence-corrected chi connectivity index (χ4v) is 2.40. The van der Waals surface area contributed by atoms with Crippen LogP contribution in [0.4, 0.5) is 15.3 Å². The lowest BCUT2D eigenvalue weighted by Crippen LogP contribution is -2.16. The number of nitrogens with one attached hydrogen (secondary N) is 1. The zero-order chi connectivity index (χ0) is 14.9. The van der Waals surface area contributed by atoms with Crippen LogP contribution in [0.15, 0.2) is 17.6 Å². The van der Waals surface area contributed by atoms with Crippen LogP contribution in [0.25, 0.3) is 0 Å². The largest absolute Gasteiger partial charge is 0.383 e. The molecule has 106 valence electrons. The van der Waals surface area contributed by atoms with Gasteiger partial charge in [0.2, 0.25) is 0 Å². The second kappa shape index (κ2) is 5.16. The Balaban J connectivity index is 2.20. The molecule has 2 aromatic heterocycles. The van der Waals surface area contributed by atoms with Crippen LogP contribution in [0.5, 0.6) is 0 Å². The quantitative estimate of drug-likeness (QED) is 0.892. The summed E-state index contributed by atoms with van der Waals surface area (Å²) in [4.78, 5) is 20.0. The minimum absolute atomic E-state index is 0.00231. The number of nitrogens with two attached hydrogens (primary N) is 1. The molecule has 1 amide bonds. The first-order valence-corrected chi connectivity index (χ1v) is 6.83. The molecule has 0 aliphatic carbocycles. The number of carbonyl (C=O) groups is 1. The molecule has 5 nitrogen and oxygen atoms in total. The highest BCUT2D eigenvalue weighted by Crippen LogP contribution is 2.26. The number of thiazole rings is 1. The van der Waals surface area contributed by atoms with Crippen molar-refractivity contribution in [3.8, 4) is 0 Å². The fraction of sp³-hybridized carbons (Fsp3) is 0.308. The van der Waals surface area contributed by atoms with Gasteiger partial charge in [0, 0.05) is 10.8 Å². The van der Waals surface area contributed by atoms with Gasteiger partial charge in [0.1, 0.15) is 11.6 Å². The zero-order valence-corrected chi connectivity index (χ0v) is 12.2. The first kappa shape index (κ1) is 14.4. The van der Waals surface area contributed by atoms with Crippen molar-refractivity contribution in [1.82, 2.24) is 9.97 Å². The Labute approximate surface area is 120 Å². The molecule has 0 unspecified atom stereocenters. The van der Waals surface area contributed by atoms with Crippen LogP contribution in [0.2, 0.25) is 0 Å². The normalized spacial score (nSPS) is 11.4. The van der Waals surface area contributed by atoms with E-state index in [1.807, 2.05) is 26.2 Å². The molecule has 20 heavy (non-hydrogen) atoms.